The zero-order valence-electron chi connectivity index (χ0n) is 17.1. The van der Waals surface area contributed by atoms with Crippen molar-refractivity contribution in [2.75, 3.05) is 10.7 Å². The van der Waals surface area contributed by atoms with Crippen LogP contribution >= 0.6 is 0 Å². The van der Waals surface area contributed by atoms with Crippen LogP contribution in [0.1, 0.15) is 19.4 Å². The zero-order chi connectivity index (χ0) is 21.8. The van der Waals surface area contributed by atoms with Crippen LogP contribution in [-0.2, 0) is 9.84 Å². The number of para-hydroxylation sites is 1. The average molecular weight is 435 g/mol. The van der Waals surface area contributed by atoms with Gasteiger partial charge in [0, 0.05) is 12.1 Å². The highest BCUT2D eigenvalue weighted by Gasteiger charge is 2.23. The van der Waals surface area contributed by atoms with Gasteiger partial charge in [-0.1, -0.05) is 42.5 Å². The first-order valence-electron chi connectivity index (χ1n) is 9.74. The third kappa shape index (κ3) is 4.41. The molecule has 0 saturated carbocycles. The zero-order valence-corrected chi connectivity index (χ0v) is 17.9. The minimum atomic E-state index is -3.47. The lowest BCUT2D eigenvalue weighted by molar-refractivity contribution is 0.588. The fraction of sp³-hybridized carbons (Fsp3) is 0.136. The molecule has 31 heavy (non-hydrogen) atoms. The summed E-state index contributed by atoms with van der Waals surface area (Å²) >= 11 is 0. The fourth-order valence-electron chi connectivity index (χ4n) is 2.98. The minimum Gasteiger partial charge on any atom is -0.339 e. The molecule has 0 saturated heterocycles. The van der Waals surface area contributed by atoms with Crippen molar-refractivity contribution in [3.05, 3.63) is 78.5 Å². The van der Waals surface area contributed by atoms with E-state index in [0.717, 1.165) is 5.56 Å². The third-order valence-corrected chi connectivity index (χ3v) is 6.84. The predicted molar refractivity (Wildman–Crippen MR) is 123 cm³/mol. The highest BCUT2D eigenvalue weighted by Crippen LogP contribution is 2.28. The van der Waals surface area contributed by atoms with E-state index in [1.165, 1.54) is 0 Å². The first-order valence-corrected chi connectivity index (χ1v) is 11.3. The van der Waals surface area contributed by atoms with Crippen LogP contribution in [0.3, 0.4) is 0 Å². The number of aromatic nitrogens is 3. The number of anilines is 3. The van der Waals surface area contributed by atoms with Crippen molar-refractivity contribution in [1.82, 2.24) is 14.6 Å². The van der Waals surface area contributed by atoms with Crippen molar-refractivity contribution >= 4 is 39.0 Å². The Kier molecular flexibility index (Phi) is 5.68. The number of benzene rings is 2. The maximum absolute atomic E-state index is 12.8. The number of fused-ring (bicyclic) bond motifs is 1. The Morgan fingerprint density at radius 3 is 2.55 bits per heavy atom. The summed E-state index contributed by atoms with van der Waals surface area (Å²) in [4.78, 5) is 4.72. The molecule has 0 unspecified atom stereocenters. The summed E-state index contributed by atoms with van der Waals surface area (Å²) < 4.78 is 27.2. The second-order valence-electron chi connectivity index (χ2n) is 7.12. The van der Waals surface area contributed by atoms with Crippen LogP contribution in [0.4, 0.5) is 17.3 Å². The standard InChI is InChI=1S/C22H22N6O2S/c1-16(2)31(29,30)19-11-7-6-10-18(19)25-22-14-20(26-21-12-13-24-28(21)22)27-23-15-17-8-4-3-5-9-17/h3-16,25H,1-2H3,(H,26,27). The Morgan fingerprint density at radius 1 is 1.03 bits per heavy atom. The lowest BCUT2D eigenvalue weighted by Gasteiger charge is -2.15. The average Bonchev–Trinajstić information content (AvgIpc) is 3.24. The van der Waals surface area contributed by atoms with E-state index < -0.39 is 15.1 Å². The Bertz CT molecular complexity index is 1330. The van der Waals surface area contributed by atoms with Crippen LogP contribution in [0.2, 0.25) is 0 Å². The van der Waals surface area contributed by atoms with E-state index in [4.69, 9.17) is 0 Å². The molecule has 0 aliphatic carbocycles. The van der Waals surface area contributed by atoms with Gasteiger partial charge in [-0.2, -0.15) is 14.7 Å². The maximum atomic E-state index is 12.8. The largest absolute Gasteiger partial charge is 0.339 e. The summed E-state index contributed by atoms with van der Waals surface area (Å²) in [6.07, 6.45) is 3.32. The van der Waals surface area contributed by atoms with Crippen LogP contribution in [-0.4, -0.2) is 34.5 Å². The van der Waals surface area contributed by atoms with Gasteiger partial charge < -0.3 is 5.32 Å². The SMILES string of the molecule is CC(C)S(=O)(=O)c1ccccc1Nc1cc(NN=Cc2ccccc2)nc2ccnn12. The van der Waals surface area contributed by atoms with E-state index in [2.05, 4.69) is 25.9 Å². The Balaban J connectivity index is 1.68. The highest BCUT2D eigenvalue weighted by molar-refractivity contribution is 7.92. The molecule has 0 spiro atoms. The molecule has 2 N–H and O–H groups in total. The molecule has 0 aliphatic rings. The van der Waals surface area contributed by atoms with Crippen molar-refractivity contribution in [3.8, 4) is 0 Å². The molecular weight excluding hydrogens is 412 g/mol. The molecule has 8 nitrogen and oxygen atoms in total. The topological polar surface area (TPSA) is 101 Å². The van der Waals surface area contributed by atoms with Crippen LogP contribution < -0.4 is 10.7 Å². The Hall–Kier alpha value is -3.72. The monoisotopic (exact) mass is 434 g/mol. The predicted octanol–water partition coefficient (Wildman–Crippen LogP) is 4.10. The molecule has 0 atom stereocenters. The fourth-order valence-corrected chi connectivity index (χ4v) is 4.18. The van der Waals surface area contributed by atoms with Crippen molar-refractivity contribution in [2.24, 2.45) is 5.10 Å². The van der Waals surface area contributed by atoms with Gasteiger partial charge >= 0.3 is 0 Å². The lowest BCUT2D eigenvalue weighted by atomic mass is 10.2. The number of rotatable bonds is 7. The van der Waals surface area contributed by atoms with Gasteiger partial charge in [0.1, 0.15) is 5.82 Å². The van der Waals surface area contributed by atoms with Gasteiger partial charge in [-0.3, -0.25) is 5.43 Å². The number of nitrogens with one attached hydrogen (secondary N) is 2. The molecule has 0 bridgehead atoms. The normalized spacial score (nSPS) is 12.0. The van der Waals surface area contributed by atoms with E-state index >= 15 is 0 Å². The molecule has 0 amide bonds. The summed E-state index contributed by atoms with van der Waals surface area (Å²) in [6.45, 7) is 3.33. The van der Waals surface area contributed by atoms with Gasteiger partial charge in [0.25, 0.3) is 0 Å². The van der Waals surface area contributed by atoms with E-state index in [-0.39, 0.29) is 4.90 Å². The Morgan fingerprint density at radius 2 is 1.77 bits per heavy atom. The highest BCUT2D eigenvalue weighted by atomic mass is 32.2. The molecule has 4 rings (SSSR count). The van der Waals surface area contributed by atoms with Gasteiger partial charge in [-0.15, -0.1) is 0 Å². The van der Waals surface area contributed by atoms with Gasteiger partial charge in [0.05, 0.1) is 28.2 Å². The van der Waals surface area contributed by atoms with Crippen LogP contribution in [0.5, 0.6) is 0 Å². The molecular formula is C22H22N6O2S. The van der Waals surface area contributed by atoms with Crippen LogP contribution in [0.25, 0.3) is 5.65 Å². The lowest BCUT2D eigenvalue weighted by Crippen LogP contribution is -2.16. The van der Waals surface area contributed by atoms with Gasteiger partial charge in [-0.25, -0.2) is 13.4 Å². The first kappa shape index (κ1) is 20.5. The van der Waals surface area contributed by atoms with Gasteiger partial charge in [0.15, 0.2) is 21.3 Å². The smallest absolute Gasteiger partial charge is 0.182 e. The quantitative estimate of drug-likeness (QED) is 0.335. The summed E-state index contributed by atoms with van der Waals surface area (Å²) in [7, 11) is -3.47. The van der Waals surface area contributed by atoms with E-state index in [1.807, 2.05) is 30.3 Å². The summed E-state index contributed by atoms with van der Waals surface area (Å²) in [5, 5.41) is 11.2. The van der Waals surface area contributed by atoms with E-state index in [9.17, 15) is 8.42 Å². The van der Waals surface area contributed by atoms with Crippen molar-refractivity contribution in [2.45, 2.75) is 24.0 Å². The number of hydrogen-bond acceptors (Lipinski definition) is 7. The van der Waals surface area contributed by atoms with Crippen molar-refractivity contribution in [1.29, 1.82) is 0 Å². The van der Waals surface area contributed by atoms with E-state index in [1.54, 1.807) is 67.2 Å². The van der Waals surface area contributed by atoms with Crippen LogP contribution in [0.15, 0.2) is 82.9 Å². The second-order valence-corrected chi connectivity index (χ2v) is 9.60. The number of hydrogen-bond donors (Lipinski definition) is 2. The summed E-state index contributed by atoms with van der Waals surface area (Å²) in [5.41, 5.74) is 4.93. The molecule has 158 valence electrons. The summed E-state index contributed by atoms with van der Waals surface area (Å²) in [5.74, 6) is 1.05. The number of sulfone groups is 1. The Labute approximate surface area is 180 Å². The molecule has 0 aliphatic heterocycles. The van der Waals surface area contributed by atoms with Crippen LogP contribution in [0, 0.1) is 0 Å². The number of hydrazone groups is 1. The molecule has 0 radical (unpaired) electrons. The van der Waals surface area contributed by atoms with E-state index in [0.29, 0.717) is 23.0 Å². The molecule has 0 fully saturated rings. The van der Waals surface area contributed by atoms with Gasteiger partial charge in [-0.05, 0) is 31.5 Å². The molecule has 9 heteroatoms. The third-order valence-electron chi connectivity index (χ3n) is 4.63. The summed E-state index contributed by atoms with van der Waals surface area (Å²) in [6, 6.07) is 20.0. The maximum Gasteiger partial charge on any atom is 0.182 e. The minimum absolute atomic E-state index is 0.235. The molecule has 4 aromatic rings. The number of nitrogens with zero attached hydrogens (tertiary/aromatic N) is 4. The molecule has 2 aromatic carbocycles. The molecule has 2 aromatic heterocycles. The second kappa shape index (κ2) is 8.57. The van der Waals surface area contributed by atoms with Gasteiger partial charge in [0.2, 0.25) is 0 Å². The first-order chi connectivity index (χ1) is 14.9. The molecule has 2 heterocycles. The van der Waals surface area contributed by atoms with Crippen molar-refractivity contribution in [3.63, 3.8) is 0 Å². The van der Waals surface area contributed by atoms with Crippen molar-refractivity contribution < 1.29 is 8.42 Å².